The maximum absolute atomic E-state index is 11.4. The van der Waals surface area contributed by atoms with Gasteiger partial charge in [-0.15, -0.1) is 0 Å². The molecule has 0 unspecified atom stereocenters. The van der Waals surface area contributed by atoms with Crippen LogP contribution in [0.3, 0.4) is 0 Å². The summed E-state index contributed by atoms with van der Waals surface area (Å²) < 4.78 is 17.0. The molecule has 8 heteroatoms. The van der Waals surface area contributed by atoms with E-state index < -0.39 is 24.1 Å². The Balaban J connectivity index is 2.69. The molecule has 0 spiro atoms. The van der Waals surface area contributed by atoms with Crippen molar-refractivity contribution in [1.82, 2.24) is 0 Å². The fourth-order valence-electron chi connectivity index (χ4n) is 1.93. The first-order valence-electron chi connectivity index (χ1n) is 7.58. The molecule has 0 bridgehead atoms. The maximum atomic E-state index is 11.4. The number of benzene rings is 1. The summed E-state index contributed by atoms with van der Waals surface area (Å²) in [5.41, 5.74) is 0.951. The zero-order valence-corrected chi connectivity index (χ0v) is 16.7. The molecule has 0 saturated carbocycles. The molecule has 0 fully saturated rings. The van der Waals surface area contributed by atoms with E-state index in [4.69, 9.17) is 14.2 Å². The average Bonchev–Trinajstić information content (AvgIpc) is 2.51. The predicted octanol–water partition coefficient (Wildman–Crippen LogP) is 3.11. The fourth-order valence-corrected chi connectivity index (χ4v) is 2.88. The highest BCUT2D eigenvalue weighted by atomic mass is 79.9. The van der Waals surface area contributed by atoms with Crippen LogP contribution in [0.1, 0.15) is 26.3 Å². The van der Waals surface area contributed by atoms with Crippen molar-refractivity contribution in [3.05, 3.63) is 34.3 Å². The van der Waals surface area contributed by atoms with Crippen molar-refractivity contribution in [2.24, 2.45) is 0 Å². The Morgan fingerprint density at radius 1 is 1.00 bits per heavy atom. The van der Waals surface area contributed by atoms with E-state index in [1.807, 2.05) is 24.3 Å². The molecule has 0 aromatic heterocycles. The zero-order chi connectivity index (χ0) is 18.8. The van der Waals surface area contributed by atoms with Gasteiger partial charge in [0.25, 0.3) is 0 Å². The van der Waals surface area contributed by atoms with E-state index in [-0.39, 0.29) is 17.5 Å². The van der Waals surface area contributed by atoms with Crippen molar-refractivity contribution >= 4 is 44.7 Å². The van der Waals surface area contributed by atoms with Gasteiger partial charge in [0.1, 0.15) is 0 Å². The van der Waals surface area contributed by atoms with Gasteiger partial charge < -0.3 is 14.2 Å². The first kappa shape index (κ1) is 21.7. The highest BCUT2D eigenvalue weighted by Gasteiger charge is 2.28. The van der Waals surface area contributed by atoms with Gasteiger partial charge in [0.15, 0.2) is 17.3 Å². The molecule has 0 heterocycles. The molecule has 1 aromatic rings. The van der Waals surface area contributed by atoms with Crippen LogP contribution < -0.4 is 0 Å². The third kappa shape index (κ3) is 9.62. The summed E-state index contributed by atoms with van der Waals surface area (Å²) >= 11 is 4.36. The van der Waals surface area contributed by atoms with E-state index >= 15 is 0 Å². The minimum atomic E-state index is -0.788. The number of carbonyl (C=O) groups is 3. The van der Waals surface area contributed by atoms with E-state index in [0.717, 1.165) is 21.8 Å². The zero-order valence-electron chi connectivity index (χ0n) is 14.3. The van der Waals surface area contributed by atoms with Gasteiger partial charge in [0.05, 0.1) is 13.2 Å². The van der Waals surface area contributed by atoms with E-state index in [0.29, 0.717) is 6.61 Å². The average molecular weight is 433 g/mol. The van der Waals surface area contributed by atoms with Gasteiger partial charge in [0.2, 0.25) is 0 Å². The maximum Gasteiger partial charge on any atom is 0.303 e. The normalized spacial score (nSPS) is 13.0. The first-order valence-corrected chi connectivity index (χ1v) is 9.35. The lowest BCUT2D eigenvalue weighted by Crippen LogP contribution is -2.39. The Kier molecular flexibility index (Phi) is 9.77. The van der Waals surface area contributed by atoms with Crippen LogP contribution in [0, 0.1) is 0 Å². The number of hydrogen-bond donors (Lipinski definition) is 0. The molecule has 6 nitrogen and oxygen atoms in total. The van der Waals surface area contributed by atoms with Crippen molar-refractivity contribution in [2.45, 2.75) is 39.6 Å². The summed E-state index contributed by atoms with van der Waals surface area (Å²) in [6.07, 6.45) is -1.55. The van der Waals surface area contributed by atoms with Gasteiger partial charge in [-0.1, -0.05) is 39.8 Å². The molecule has 0 amide bonds. The predicted molar refractivity (Wildman–Crippen MR) is 98.0 cm³/mol. The minimum absolute atomic E-state index is 0.0477. The molecule has 138 valence electrons. The minimum Gasteiger partial charge on any atom is -0.458 e. The molecule has 25 heavy (non-hydrogen) atoms. The third-order valence-electron chi connectivity index (χ3n) is 2.96. The Morgan fingerprint density at radius 3 is 2.08 bits per heavy atom. The van der Waals surface area contributed by atoms with Crippen LogP contribution in [-0.2, 0) is 35.2 Å². The summed E-state index contributed by atoms with van der Waals surface area (Å²) in [5.74, 6) is -0.837. The monoisotopic (exact) mass is 432 g/mol. The number of carbonyl (C=O) groups excluding carboxylic acids is 3. The van der Waals surface area contributed by atoms with Crippen LogP contribution in [0.15, 0.2) is 28.7 Å². The van der Waals surface area contributed by atoms with Gasteiger partial charge in [-0.05, 0) is 17.7 Å². The smallest absolute Gasteiger partial charge is 0.303 e. The summed E-state index contributed by atoms with van der Waals surface area (Å²) in [7, 11) is 0. The van der Waals surface area contributed by atoms with Crippen LogP contribution in [0.2, 0.25) is 0 Å². The first-order chi connectivity index (χ1) is 11.8. The molecular weight excluding hydrogens is 412 g/mol. The Bertz CT molecular complexity index is 589. The highest BCUT2D eigenvalue weighted by molar-refractivity contribution is 9.10. The summed E-state index contributed by atoms with van der Waals surface area (Å²) in [4.78, 5) is 33.9. The van der Waals surface area contributed by atoms with Gasteiger partial charge in [-0.2, -0.15) is 0 Å². The second-order valence-corrected chi connectivity index (χ2v) is 7.35. The second kappa shape index (κ2) is 11.3. The van der Waals surface area contributed by atoms with Crippen LogP contribution in [0.25, 0.3) is 0 Å². The number of thioether (sulfide) groups is 1. The van der Waals surface area contributed by atoms with Crippen LogP contribution in [0.5, 0.6) is 0 Å². The van der Waals surface area contributed by atoms with E-state index in [2.05, 4.69) is 15.9 Å². The molecule has 1 rings (SSSR count). The second-order valence-electron chi connectivity index (χ2n) is 5.24. The SMILES string of the molecule is CC(=O)O[C@H](COCc1ccc(Br)cc1)[C@@H](CSC(C)=O)OC(C)=O. The van der Waals surface area contributed by atoms with Crippen molar-refractivity contribution < 1.29 is 28.6 Å². The third-order valence-corrected chi connectivity index (χ3v) is 4.39. The molecule has 0 aliphatic carbocycles. The van der Waals surface area contributed by atoms with Crippen molar-refractivity contribution in [2.75, 3.05) is 12.4 Å². The molecule has 0 aliphatic rings. The molecule has 0 saturated heterocycles. The van der Waals surface area contributed by atoms with Crippen LogP contribution in [-0.4, -0.2) is 41.6 Å². The summed E-state index contributed by atoms with van der Waals surface area (Å²) in [6, 6.07) is 7.60. The lowest BCUT2D eigenvalue weighted by Gasteiger charge is -2.25. The van der Waals surface area contributed by atoms with E-state index in [1.54, 1.807) is 0 Å². The number of hydrogen-bond acceptors (Lipinski definition) is 7. The summed E-state index contributed by atoms with van der Waals surface area (Å²) in [6.45, 7) is 4.31. The van der Waals surface area contributed by atoms with Crippen molar-refractivity contribution in [3.63, 3.8) is 0 Å². The Morgan fingerprint density at radius 2 is 1.56 bits per heavy atom. The molecule has 0 radical (unpaired) electrons. The topological polar surface area (TPSA) is 78.9 Å². The Labute approximate surface area is 159 Å². The Hall–Kier alpha value is -1.38. The van der Waals surface area contributed by atoms with Crippen LogP contribution in [0.4, 0.5) is 0 Å². The van der Waals surface area contributed by atoms with Crippen molar-refractivity contribution in [1.29, 1.82) is 0 Å². The number of esters is 2. The van der Waals surface area contributed by atoms with Gasteiger partial charge >= 0.3 is 11.9 Å². The lowest BCUT2D eigenvalue weighted by atomic mass is 10.2. The van der Waals surface area contributed by atoms with Crippen LogP contribution >= 0.6 is 27.7 Å². The van der Waals surface area contributed by atoms with E-state index in [9.17, 15) is 14.4 Å². The molecule has 1 aromatic carbocycles. The number of halogens is 1. The van der Waals surface area contributed by atoms with E-state index in [1.165, 1.54) is 20.8 Å². The quantitative estimate of drug-likeness (QED) is 0.554. The molecule has 0 aliphatic heterocycles. The number of ether oxygens (including phenoxy) is 3. The highest BCUT2D eigenvalue weighted by Crippen LogP contribution is 2.16. The fraction of sp³-hybridized carbons (Fsp3) is 0.471. The van der Waals surface area contributed by atoms with Gasteiger partial charge in [-0.25, -0.2) is 0 Å². The standard InChI is InChI=1S/C17H21BrO6S/c1-11(19)23-16(17(24-12(2)20)10-25-13(3)21)9-22-8-14-4-6-15(18)7-5-14/h4-7,16-17H,8-10H2,1-3H3/t16-,17-/m1/s1. The number of rotatable bonds is 9. The van der Waals surface area contributed by atoms with Gasteiger partial charge in [-0.3, -0.25) is 14.4 Å². The largest absolute Gasteiger partial charge is 0.458 e. The molecular formula is C17H21BrO6S. The lowest BCUT2D eigenvalue weighted by molar-refractivity contribution is -0.168. The van der Waals surface area contributed by atoms with Gasteiger partial charge in [0, 0.05) is 31.0 Å². The molecule has 2 atom stereocenters. The molecule has 0 N–H and O–H groups in total. The van der Waals surface area contributed by atoms with Crippen molar-refractivity contribution in [3.8, 4) is 0 Å². The summed E-state index contributed by atoms with van der Waals surface area (Å²) in [5, 5.41) is -0.116.